The Labute approximate surface area is 146 Å². The number of aromatic nitrogens is 1. The van der Waals surface area contributed by atoms with Crippen LogP contribution < -0.4 is 5.32 Å². The van der Waals surface area contributed by atoms with Crippen LogP contribution in [-0.4, -0.2) is 37.7 Å². The molecule has 0 fully saturated rings. The van der Waals surface area contributed by atoms with Crippen molar-refractivity contribution >= 4 is 21.6 Å². The van der Waals surface area contributed by atoms with E-state index in [0.29, 0.717) is 11.4 Å². The number of sulfonamides is 1. The molecule has 0 radical (unpaired) electrons. The molecule has 0 saturated heterocycles. The van der Waals surface area contributed by atoms with Gasteiger partial charge in [0.1, 0.15) is 10.7 Å². The zero-order valence-corrected chi connectivity index (χ0v) is 15.5. The van der Waals surface area contributed by atoms with Crippen LogP contribution in [0.5, 0.6) is 0 Å². The number of nitrogens with zero attached hydrogens (tertiary/aromatic N) is 2. The number of benzene rings is 1. The minimum atomic E-state index is -3.99. The van der Waals surface area contributed by atoms with Gasteiger partial charge in [0.25, 0.3) is 5.91 Å². The van der Waals surface area contributed by atoms with E-state index in [1.807, 2.05) is 19.9 Å². The summed E-state index contributed by atoms with van der Waals surface area (Å²) in [5, 5.41) is 2.72. The van der Waals surface area contributed by atoms with Crippen molar-refractivity contribution in [1.29, 1.82) is 0 Å². The molecule has 0 atom stereocenters. The summed E-state index contributed by atoms with van der Waals surface area (Å²) in [6.45, 7) is 5.45. The third-order valence-corrected chi connectivity index (χ3v) is 5.55. The molecular formula is C17H20FN3O3S. The number of hydrogen-bond acceptors (Lipinski definition) is 4. The van der Waals surface area contributed by atoms with Gasteiger partial charge >= 0.3 is 0 Å². The molecule has 2 rings (SSSR count). The van der Waals surface area contributed by atoms with Crippen molar-refractivity contribution in [3.05, 3.63) is 52.6 Å². The van der Waals surface area contributed by atoms with Crippen LogP contribution in [-0.2, 0) is 10.0 Å². The molecule has 1 aromatic heterocycles. The molecule has 0 unspecified atom stereocenters. The third-order valence-electron chi connectivity index (χ3n) is 3.72. The van der Waals surface area contributed by atoms with E-state index in [-0.39, 0.29) is 5.56 Å². The van der Waals surface area contributed by atoms with Crippen molar-refractivity contribution in [2.75, 3.05) is 19.4 Å². The lowest BCUT2D eigenvalue weighted by Gasteiger charge is -2.14. The Morgan fingerprint density at radius 1 is 1.16 bits per heavy atom. The summed E-state index contributed by atoms with van der Waals surface area (Å²) in [5.41, 5.74) is 2.91. The van der Waals surface area contributed by atoms with E-state index in [2.05, 4.69) is 10.3 Å². The van der Waals surface area contributed by atoms with E-state index >= 15 is 0 Å². The average molecular weight is 365 g/mol. The number of rotatable bonds is 4. The maximum atomic E-state index is 13.9. The van der Waals surface area contributed by atoms with Gasteiger partial charge in [-0.15, -0.1) is 0 Å². The zero-order chi connectivity index (χ0) is 18.9. The number of anilines is 1. The Bertz CT molecular complexity index is 917. The van der Waals surface area contributed by atoms with Crippen molar-refractivity contribution in [3.8, 4) is 0 Å². The summed E-state index contributed by atoms with van der Waals surface area (Å²) in [7, 11) is -1.40. The van der Waals surface area contributed by atoms with Gasteiger partial charge in [-0.1, -0.05) is 0 Å². The van der Waals surface area contributed by atoms with E-state index in [0.717, 1.165) is 27.7 Å². The van der Waals surface area contributed by atoms with Gasteiger partial charge in [0.05, 0.1) is 11.4 Å². The molecular weight excluding hydrogens is 345 g/mol. The Morgan fingerprint density at radius 3 is 2.36 bits per heavy atom. The average Bonchev–Trinajstić information content (AvgIpc) is 2.50. The molecule has 1 N–H and O–H groups in total. The van der Waals surface area contributed by atoms with E-state index in [1.54, 1.807) is 6.92 Å². The highest BCUT2D eigenvalue weighted by Gasteiger charge is 2.23. The van der Waals surface area contributed by atoms with Gasteiger partial charge in [-0.3, -0.25) is 9.78 Å². The van der Waals surface area contributed by atoms with E-state index in [4.69, 9.17) is 0 Å². The van der Waals surface area contributed by atoms with Crippen molar-refractivity contribution in [1.82, 2.24) is 9.29 Å². The highest BCUT2D eigenvalue weighted by molar-refractivity contribution is 7.89. The molecule has 0 aliphatic carbocycles. The van der Waals surface area contributed by atoms with E-state index in [9.17, 15) is 17.6 Å². The third kappa shape index (κ3) is 3.85. The first-order valence-corrected chi connectivity index (χ1v) is 8.96. The largest absolute Gasteiger partial charge is 0.320 e. The summed E-state index contributed by atoms with van der Waals surface area (Å²) >= 11 is 0. The fourth-order valence-corrected chi connectivity index (χ4v) is 3.42. The molecule has 6 nitrogen and oxygen atoms in total. The minimum absolute atomic E-state index is 0.0428. The van der Waals surface area contributed by atoms with Gasteiger partial charge < -0.3 is 5.32 Å². The number of carbonyl (C=O) groups excluding carboxylic acids is 1. The zero-order valence-electron chi connectivity index (χ0n) is 14.7. The van der Waals surface area contributed by atoms with Crippen molar-refractivity contribution < 1.29 is 17.6 Å². The molecule has 134 valence electrons. The topological polar surface area (TPSA) is 79.4 Å². The van der Waals surface area contributed by atoms with Crippen LogP contribution in [0.4, 0.5) is 10.1 Å². The number of amides is 1. The molecule has 0 aliphatic heterocycles. The molecule has 0 spiro atoms. The van der Waals surface area contributed by atoms with Crippen molar-refractivity contribution in [2.45, 2.75) is 25.7 Å². The monoisotopic (exact) mass is 365 g/mol. The quantitative estimate of drug-likeness (QED) is 0.903. The number of carbonyl (C=O) groups is 1. The minimum Gasteiger partial charge on any atom is -0.320 e. The number of halogens is 1. The summed E-state index contributed by atoms with van der Waals surface area (Å²) in [4.78, 5) is 16.3. The summed E-state index contributed by atoms with van der Waals surface area (Å²) < 4.78 is 39.2. The molecule has 2 aromatic rings. The van der Waals surface area contributed by atoms with Crippen LogP contribution in [0.3, 0.4) is 0 Å². The number of pyridine rings is 1. The Kier molecular flexibility index (Phi) is 5.24. The van der Waals surface area contributed by atoms with Gasteiger partial charge in [-0.05, 0) is 50.6 Å². The van der Waals surface area contributed by atoms with Crippen LogP contribution >= 0.6 is 0 Å². The SMILES string of the molecule is Cc1cc(C)c(NC(=O)c2ccc(F)c(S(=O)(=O)N(C)C)c2)c(C)n1. The standard InChI is InChI=1S/C17H20FN3O3S/c1-10-8-11(2)19-12(3)16(10)20-17(22)13-6-7-14(18)15(9-13)25(23,24)21(4)5/h6-9H,1-5H3,(H,20,22). The van der Waals surface area contributed by atoms with Crippen LogP contribution in [0.25, 0.3) is 0 Å². The van der Waals surface area contributed by atoms with Gasteiger partial charge in [0.2, 0.25) is 10.0 Å². The Balaban J connectivity index is 2.42. The molecule has 0 saturated carbocycles. The lowest BCUT2D eigenvalue weighted by Crippen LogP contribution is -2.24. The second kappa shape index (κ2) is 6.89. The molecule has 1 amide bonds. The Morgan fingerprint density at radius 2 is 1.80 bits per heavy atom. The summed E-state index contributed by atoms with van der Waals surface area (Å²) in [6, 6.07) is 5.07. The second-order valence-corrected chi connectivity index (χ2v) is 8.05. The van der Waals surface area contributed by atoms with Crippen LogP contribution in [0.2, 0.25) is 0 Å². The molecule has 25 heavy (non-hydrogen) atoms. The summed E-state index contributed by atoms with van der Waals surface area (Å²) in [6.07, 6.45) is 0. The number of nitrogens with one attached hydrogen (secondary N) is 1. The molecule has 1 aromatic carbocycles. The fraction of sp³-hybridized carbons (Fsp3) is 0.294. The molecule has 0 aliphatic rings. The van der Waals surface area contributed by atoms with Gasteiger partial charge in [-0.25, -0.2) is 17.1 Å². The fourth-order valence-electron chi connectivity index (χ4n) is 2.44. The molecule has 1 heterocycles. The lowest BCUT2D eigenvalue weighted by atomic mass is 10.1. The second-order valence-electron chi connectivity index (χ2n) is 5.93. The predicted molar refractivity (Wildman–Crippen MR) is 93.7 cm³/mol. The highest BCUT2D eigenvalue weighted by atomic mass is 32.2. The van der Waals surface area contributed by atoms with Gasteiger partial charge in [0.15, 0.2) is 0 Å². The van der Waals surface area contributed by atoms with Crippen LogP contribution in [0.1, 0.15) is 27.3 Å². The normalized spacial score (nSPS) is 11.6. The summed E-state index contributed by atoms with van der Waals surface area (Å²) in [5.74, 6) is -1.44. The lowest BCUT2D eigenvalue weighted by molar-refractivity contribution is 0.102. The van der Waals surface area contributed by atoms with E-state index < -0.39 is 26.6 Å². The smallest absolute Gasteiger partial charge is 0.255 e. The van der Waals surface area contributed by atoms with Crippen molar-refractivity contribution in [3.63, 3.8) is 0 Å². The number of aryl methyl sites for hydroxylation is 3. The predicted octanol–water partition coefficient (Wildman–Crippen LogP) is 2.65. The first-order valence-electron chi connectivity index (χ1n) is 7.52. The Hall–Kier alpha value is -2.32. The van der Waals surface area contributed by atoms with Gasteiger partial charge in [0, 0.05) is 25.4 Å². The van der Waals surface area contributed by atoms with Crippen LogP contribution in [0.15, 0.2) is 29.2 Å². The van der Waals surface area contributed by atoms with Crippen molar-refractivity contribution in [2.24, 2.45) is 0 Å². The molecule has 0 bridgehead atoms. The maximum absolute atomic E-state index is 13.9. The van der Waals surface area contributed by atoms with Crippen LogP contribution in [0, 0.1) is 26.6 Å². The number of hydrogen-bond donors (Lipinski definition) is 1. The highest BCUT2D eigenvalue weighted by Crippen LogP contribution is 2.22. The first kappa shape index (κ1) is 19.0. The maximum Gasteiger partial charge on any atom is 0.255 e. The first-order chi connectivity index (χ1) is 11.5. The van der Waals surface area contributed by atoms with Gasteiger partial charge in [-0.2, -0.15) is 0 Å². The molecule has 8 heteroatoms. The van der Waals surface area contributed by atoms with E-state index in [1.165, 1.54) is 20.2 Å².